The molecule has 3 nitrogen and oxygen atoms in total. The summed E-state index contributed by atoms with van der Waals surface area (Å²) in [5.41, 5.74) is 2.12. The quantitative estimate of drug-likeness (QED) is 0.784. The molecule has 102 valence electrons. The molecule has 5 heteroatoms. The first-order chi connectivity index (χ1) is 9.10. The van der Waals surface area contributed by atoms with Crippen LogP contribution >= 0.6 is 31.9 Å². The van der Waals surface area contributed by atoms with Crippen molar-refractivity contribution in [2.24, 2.45) is 0 Å². The van der Waals surface area contributed by atoms with E-state index >= 15 is 0 Å². The van der Waals surface area contributed by atoms with Crippen LogP contribution in [0, 0.1) is 0 Å². The maximum atomic E-state index is 4.57. The maximum Gasteiger partial charge on any atom is 0.0815 e. The second kappa shape index (κ2) is 6.57. The second-order valence-electron chi connectivity index (χ2n) is 4.52. The number of benzene rings is 1. The van der Waals surface area contributed by atoms with Crippen LogP contribution in [-0.4, -0.2) is 9.78 Å². The zero-order valence-electron chi connectivity index (χ0n) is 11.0. The predicted octanol–water partition coefficient (Wildman–Crippen LogP) is 4.99. The lowest BCUT2D eigenvalue weighted by atomic mass is 10.3. The molecule has 0 amide bonds. The Bertz CT molecular complexity index is 551. The highest BCUT2D eigenvalue weighted by atomic mass is 79.9. The second-order valence-corrected chi connectivity index (χ2v) is 6.29. The van der Waals surface area contributed by atoms with E-state index in [9.17, 15) is 0 Å². The van der Waals surface area contributed by atoms with Gasteiger partial charge in [0, 0.05) is 26.9 Å². The molecule has 0 fully saturated rings. The number of rotatable bonds is 5. The minimum Gasteiger partial charge on any atom is -0.378 e. The molecular weight excluding hydrogens is 370 g/mol. The fraction of sp³-hybridized carbons (Fsp3) is 0.357. The molecule has 0 aliphatic rings. The van der Waals surface area contributed by atoms with E-state index in [-0.39, 0.29) is 0 Å². The summed E-state index contributed by atoms with van der Waals surface area (Å²) in [6, 6.07) is 8.60. The lowest BCUT2D eigenvalue weighted by Crippen LogP contribution is -2.06. The number of nitrogens with one attached hydrogen (secondary N) is 1. The summed E-state index contributed by atoms with van der Waals surface area (Å²) in [7, 11) is 0. The Morgan fingerprint density at radius 3 is 2.79 bits per heavy atom. The smallest absolute Gasteiger partial charge is 0.0815 e. The first kappa shape index (κ1) is 14.6. The Morgan fingerprint density at radius 2 is 2.11 bits per heavy atom. The molecule has 1 N–H and O–H groups in total. The molecule has 0 aliphatic heterocycles. The molecule has 1 heterocycles. The van der Waals surface area contributed by atoms with Crippen molar-refractivity contribution >= 4 is 37.5 Å². The van der Waals surface area contributed by atoms with Gasteiger partial charge in [0.05, 0.1) is 12.2 Å². The number of nitrogens with zero attached hydrogens (tertiary/aromatic N) is 2. The maximum absolute atomic E-state index is 4.57. The van der Waals surface area contributed by atoms with Crippen molar-refractivity contribution in [3.63, 3.8) is 0 Å². The highest BCUT2D eigenvalue weighted by Gasteiger charge is 2.05. The summed E-state index contributed by atoms with van der Waals surface area (Å²) in [5.74, 6) is 0. The largest absolute Gasteiger partial charge is 0.378 e. The number of aromatic nitrogens is 2. The average Bonchev–Trinajstić information content (AvgIpc) is 2.85. The van der Waals surface area contributed by atoms with E-state index in [2.05, 4.69) is 62.2 Å². The number of hydrogen-bond acceptors (Lipinski definition) is 2. The zero-order valence-corrected chi connectivity index (χ0v) is 14.2. The summed E-state index contributed by atoms with van der Waals surface area (Å²) >= 11 is 6.99. The van der Waals surface area contributed by atoms with Gasteiger partial charge in [-0.25, -0.2) is 0 Å². The van der Waals surface area contributed by atoms with E-state index in [0.717, 1.165) is 33.3 Å². The van der Waals surface area contributed by atoms with Gasteiger partial charge in [0.25, 0.3) is 0 Å². The standard InChI is InChI=1S/C14H17Br2N3/c1-3-10(2)19-7-6-12(18-19)9-17-14-5-4-11(15)8-13(14)16/h4-8,10,17H,3,9H2,1-2H3. The van der Waals surface area contributed by atoms with Crippen LogP contribution < -0.4 is 5.32 Å². The Balaban J connectivity index is 2.00. The van der Waals surface area contributed by atoms with Crippen molar-refractivity contribution < 1.29 is 0 Å². The molecule has 0 bridgehead atoms. The summed E-state index contributed by atoms with van der Waals surface area (Å²) < 4.78 is 4.13. The van der Waals surface area contributed by atoms with Gasteiger partial charge in [0.2, 0.25) is 0 Å². The first-order valence-electron chi connectivity index (χ1n) is 6.33. The normalized spacial score (nSPS) is 12.4. The van der Waals surface area contributed by atoms with E-state index in [1.807, 2.05) is 29.1 Å². The highest BCUT2D eigenvalue weighted by Crippen LogP contribution is 2.26. The molecule has 2 aromatic rings. The summed E-state index contributed by atoms with van der Waals surface area (Å²) in [5, 5.41) is 7.96. The van der Waals surface area contributed by atoms with Crippen molar-refractivity contribution in [3.05, 3.63) is 45.1 Å². The molecule has 0 aliphatic carbocycles. The van der Waals surface area contributed by atoms with Gasteiger partial charge in [-0.2, -0.15) is 5.10 Å². The minimum absolute atomic E-state index is 0.452. The molecule has 0 saturated carbocycles. The molecule has 1 unspecified atom stereocenters. The van der Waals surface area contributed by atoms with Gasteiger partial charge in [0.1, 0.15) is 0 Å². The van der Waals surface area contributed by atoms with E-state index in [1.165, 1.54) is 0 Å². The SMILES string of the molecule is CCC(C)n1ccc(CNc2ccc(Br)cc2Br)n1. The van der Waals surface area contributed by atoms with Crippen molar-refractivity contribution in [3.8, 4) is 0 Å². The van der Waals surface area contributed by atoms with Gasteiger partial charge in [-0.15, -0.1) is 0 Å². The van der Waals surface area contributed by atoms with Crippen LogP contribution in [0.1, 0.15) is 32.0 Å². The van der Waals surface area contributed by atoms with Gasteiger partial charge in [-0.1, -0.05) is 22.9 Å². The fourth-order valence-corrected chi connectivity index (χ4v) is 2.91. The topological polar surface area (TPSA) is 29.9 Å². The van der Waals surface area contributed by atoms with Crippen molar-refractivity contribution in [2.75, 3.05) is 5.32 Å². The molecule has 1 aromatic carbocycles. The van der Waals surface area contributed by atoms with Crippen molar-refractivity contribution in [1.82, 2.24) is 9.78 Å². The Morgan fingerprint density at radius 1 is 1.32 bits per heavy atom. The van der Waals surface area contributed by atoms with E-state index in [1.54, 1.807) is 0 Å². The Labute approximate surface area is 130 Å². The molecular formula is C14H17Br2N3. The summed E-state index contributed by atoms with van der Waals surface area (Å²) in [6.45, 7) is 5.07. The Kier molecular flexibility index (Phi) is 5.05. The lowest BCUT2D eigenvalue weighted by molar-refractivity contribution is 0.474. The highest BCUT2D eigenvalue weighted by molar-refractivity contribution is 9.11. The van der Waals surface area contributed by atoms with Crippen LogP contribution in [0.25, 0.3) is 0 Å². The number of hydrogen-bond donors (Lipinski definition) is 1. The molecule has 1 atom stereocenters. The number of halogens is 2. The molecule has 0 spiro atoms. The minimum atomic E-state index is 0.452. The van der Waals surface area contributed by atoms with Gasteiger partial charge < -0.3 is 5.32 Å². The van der Waals surface area contributed by atoms with Gasteiger partial charge in [-0.05, 0) is 53.5 Å². The molecule has 19 heavy (non-hydrogen) atoms. The average molecular weight is 387 g/mol. The molecule has 0 saturated heterocycles. The molecule has 2 rings (SSSR count). The third kappa shape index (κ3) is 3.83. The van der Waals surface area contributed by atoms with Gasteiger partial charge >= 0.3 is 0 Å². The van der Waals surface area contributed by atoms with Crippen LogP contribution in [0.15, 0.2) is 39.4 Å². The van der Waals surface area contributed by atoms with E-state index in [0.29, 0.717) is 6.04 Å². The summed E-state index contributed by atoms with van der Waals surface area (Å²) in [6.07, 6.45) is 3.13. The van der Waals surface area contributed by atoms with Gasteiger partial charge in [-0.3, -0.25) is 4.68 Å². The lowest BCUT2D eigenvalue weighted by Gasteiger charge is -2.09. The molecule has 1 aromatic heterocycles. The number of anilines is 1. The van der Waals surface area contributed by atoms with Crippen LogP contribution in [0.2, 0.25) is 0 Å². The van der Waals surface area contributed by atoms with Crippen molar-refractivity contribution in [2.45, 2.75) is 32.9 Å². The molecule has 0 radical (unpaired) electrons. The first-order valence-corrected chi connectivity index (χ1v) is 7.91. The zero-order chi connectivity index (χ0) is 13.8. The Hall–Kier alpha value is -0.810. The van der Waals surface area contributed by atoms with Crippen molar-refractivity contribution in [1.29, 1.82) is 0 Å². The third-order valence-electron chi connectivity index (χ3n) is 3.10. The van der Waals surface area contributed by atoms with E-state index in [4.69, 9.17) is 0 Å². The van der Waals surface area contributed by atoms with Crippen LogP contribution in [0.3, 0.4) is 0 Å². The van der Waals surface area contributed by atoms with Crippen LogP contribution in [-0.2, 0) is 6.54 Å². The summed E-state index contributed by atoms with van der Waals surface area (Å²) in [4.78, 5) is 0. The van der Waals surface area contributed by atoms with E-state index < -0.39 is 0 Å². The monoisotopic (exact) mass is 385 g/mol. The third-order valence-corrected chi connectivity index (χ3v) is 4.25. The van der Waals surface area contributed by atoms with Crippen LogP contribution in [0.4, 0.5) is 5.69 Å². The van der Waals surface area contributed by atoms with Crippen LogP contribution in [0.5, 0.6) is 0 Å². The fourth-order valence-electron chi connectivity index (χ4n) is 1.72. The predicted molar refractivity (Wildman–Crippen MR) is 86.4 cm³/mol. The van der Waals surface area contributed by atoms with Gasteiger partial charge in [0.15, 0.2) is 0 Å².